The predicted molar refractivity (Wildman–Crippen MR) is 53.6 cm³/mol. The van der Waals surface area contributed by atoms with E-state index in [1.165, 1.54) is 32.1 Å². The molecule has 1 saturated carbocycles. The molecule has 1 rings (SSSR count). The highest BCUT2D eigenvalue weighted by atomic mass is 31.2. The third-order valence-electron chi connectivity index (χ3n) is 2.49. The lowest BCUT2D eigenvalue weighted by molar-refractivity contribution is 0.523. The van der Waals surface area contributed by atoms with Crippen molar-refractivity contribution < 1.29 is 4.89 Å². The van der Waals surface area contributed by atoms with Crippen molar-refractivity contribution in [2.75, 3.05) is 12.8 Å². The molecule has 0 aromatic heterocycles. The van der Waals surface area contributed by atoms with Crippen LogP contribution in [0, 0.1) is 5.92 Å². The predicted octanol–water partition coefficient (Wildman–Crippen LogP) is 2.55. The molecule has 0 aromatic rings. The third-order valence-corrected chi connectivity index (χ3v) is 3.72. The van der Waals surface area contributed by atoms with Crippen LogP contribution in [0.2, 0.25) is 0 Å². The zero-order valence-electron chi connectivity index (χ0n) is 7.42. The molecule has 0 aliphatic heterocycles. The van der Waals surface area contributed by atoms with Crippen LogP contribution in [0.15, 0.2) is 0 Å². The van der Waals surface area contributed by atoms with Gasteiger partial charge in [-0.15, -0.1) is 0 Å². The number of rotatable bonds is 3. The summed E-state index contributed by atoms with van der Waals surface area (Å²) >= 11 is 0. The molecule has 0 heterocycles. The molecular formula is C9H19OP. The third kappa shape index (κ3) is 3.98. The zero-order chi connectivity index (χ0) is 8.32. The Morgan fingerprint density at radius 1 is 1.45 bits per heavy atom. The van der Waals surface area contributed by atoms with Crippen LogP contribution in [0.1, 0.15) is 32.1 Å². The lowest BCUT2D eigenvalue weighted by Crippen LogP contribution is -1.97. The standard InChI is InChI=1S/C9H19OP/c1-11(2,10)8-7-9-5-3-4-6-9/h9-10H,1,3-8H2,2H3. The van der Waals surface area contributed by atoms with E-state index in [2.05, 4.69) is 6.30 Å². The lowest BCUT2D eigenvalue weighted by atomic mass is 10.1. The highest BCUT2D eigenvalue weighted by Crippen LogP contribution is 2.39. The fourth-order valence-electron chi connectivity index (χ4n) is 1.76. The minimum absolute atomic E-state index is 0.906. The summed E-state index contributed by atoms with van der Waals surface area (Å²) in [6, 6.07) is 0. The minimum atomic E-state index is -1.72. The molecule has 1 atom stereocenters. The van der Waals surface area contributed by atoms with Crippen LogP contribution in [0.25, 0.3) is 0 Å². The van der Waals surface area contributed by atoms with Crippen molar-refractivity contribution in [1.82, 2.24) is 0 Å². The van der Waals surface area contributed by atoms with E-state index in [4.69, 9.17) is 0 Å². The van der Waals surface area contributed by atoms with Gasteiger partial charge in [-0.3, -0.25) is 0 Å². The molecule has 11 heavy (non-hydrogen) atoms. The first-order valence-electron chi connectivity index (χ1n) is 4.50. The molecule has 1 N–H and O–H groups in total. The smallest absolute Gasteiger partial charge is 0.00495 e. The Bertz CT molecular complexity index is 153. The average Bonchev–Trinajstić information content (AvgIpc) is 2.32. The molecule has 1 fully saturated rings. The van der Waals surface area contributed by atoms with Gasteiger partial charge in [-0.25, -0.2) is 0 Å². The minimum Gasteiger partial charge on any atom is -0.377 e. The van der Waals surface area contributed by atoms with Gasteiger partial charge in [0.05, 0.1) is 0 Å². The Balaban J connectivity index is 2.16. The molecule has 0 aromatic carbocycles. The van der Waals surface area contributed by atoms with Crippen LogP contribution in [-0.2, 0) is 0 Å². The molecule has 1 aliphatic rings. The van der Waals surface area contributed by atoms with Crippen molar-refractivity contribution >= 4 is 13.4 Å². The lowest BCUT2D eigenvalue weighted by Gasteiger charge is -2.14. The Morgan fingerprint density at radius 3 is 2.45 bits per heavy atom. The van der Waals surface area contributed by atoms with Crippen molar-refractivity contribution in [1.29, 1.82) is 0 Å². The van der Waals surface area contributed by atoms with E-state index in [1.54, 1.807) is 0 Å². The molecule has 1 nitrogen and oxygen atoms in total. The quantitative estimate of drug-likeness (QED) is 0.652. The van der Waals surface area contributed by atoms with Crippen LogP contribution < -0.4 is 0 Å². The van der Waals surface area contributed by atoms with Gasteiger partial charge in [0.2, 0.25) is 0 Å². The monoisotopic (exact) mass is 174 g/mol. The van der Waals surface area contributed by atoms with Gasteiger partial charge < -0.3 is 4.89 Å². The first kappa shape index (κ1) is 9.35. The van der Waals surface area contributed by atoms with E-state index < -0.39 is 7.11 Å². The van der Waals surface area contributed by atoms with Gasteiger partial charge in [-0.1, -0.05) is 32.0 Å². The summed E-state index contributed by atoms with van der Waals surface area (Å²) in [5, 5.41) is 0. The van der Waals surface area contributed by atoms with E-state index in [0.29, 0.717) is 0 Å². The summed E-state index contributed by atoms with van der Waals surface area (Å²) in [6.45, 7) is 1.90. The van der Waals surface area contributed by atoms with Gasteiger partial charge in [-0.2, -0.15) is 0 Å². The van der Waals surface area contributed by atoms with Crippen molar-refractivity contribution in [2.45, 2.75) is 32.1 Å². The molecular weight excluding hydrogens is 155 g/mol. The van der Waals surface area contributed by atoms with Crippen LogP contribution >= 0.6 is 7.11 Å². The second-order valence-electron chi connectivity index (χ2n) is 4.00. The van der Waals surface area contributed by atoms with Crippen LogP contribution in [0.5, 0.6) is 0 Å². The van der Waals surface area contributed by atoms with E-state index in [1.807, 2.05) is 6.66 Å². The summed E-state index contributed by atoms with van der Waals surface area (Å²) in [7, 11) is -1.72. The van der Waals surface area contributed by atoms with E-state index in [9.17, 15) is 4.89 Å². The largest absolute Gasteiger partial charge is 0.377 e. The van der Waals surface area contributed by atoms with E-state index in [0.717, 1.165) is 12.1 Å². The highest BCUT2D eigenvalue weighted by Gasteiger charge is 2.15. The molecule has 0 saturated heterocycles. The SMILES string of the molecule is C=P(C)(O)CCC1CCCC1. The topological polar surface area (TPSA) is 20.2 Å². The molecule has 0 bridgehead atoms. The maximum Gasteiger partial charge on any atom is -0.00495 e. The van der Waals surface area contributed by atoms with Crippen LogP contribution in [0.4, 0.5) is 0 Å². The van der Waals surface area contributed by atoms with Gasteiger partial charge >= 0.3 is 0 Å². The molecule has 1 aliphatic carbocycles. The fourth-order valence-corrected chi connectivity index (χ4v) is 2.68. The first-order valence-corrected chi connectivity index (χ1v) is 7.06. The normalized spacial score (nSPS) is 25.3. The number of hydrogen-bond acceptors (Lipinski definition) is 1. The van der Waals surface area contributed by atoms with Crippen molar-refractivity contribution in [2.24, 2.45) is 5.92 Å². The summed E-state index contributed by atoms with van der Waals surface area (Å²) in [5.41, 5.74) is 0. The fraction of sp³-hybridized carbons (Fsp3) is 0.889. The Hall–Kier alpha value is 0.260. The Kier molecular flexibility index (Phi) is 3.21. The van der Waals surface area contributed by atoms with E-state index in [-0.39, 0.29) is 0 Å². The van der Waals surface area contributed by atoms with Gasteiger partial charge in [0.25, 0.3) is 0 Å². The highest BCUT2D eigenvalue weighted by molar-refractivity contribution is 7.67. The summed E-state index contributed by atoms with van der Waals surface area (Å²) in [5.74, 6) is 0.906. The first-order chi connectivity index (χ1) is 5.08. The second-order valence-corrected chi connectivity index (χ2v) is 7.13. The van der Waals surface area contributed by atoms with Crippen molar-refractivity contribution in [3.8, 4) is 0 Å². The second kappa shape index (κ2) is 3.78. The zero-order valence-corrected chi connectivity index (χ0v) is 8.32. The van der Waals surface area contributed by atoms with Gasteiger partial charge in [0, 0.05) is 0 Å². The maximum atomic E-state index is 9.48. The van der Waals surface area contributed by atoms with Crippen LogP contribution in [0.3, 0.4) is 0 Å². The van der Waals surface area contributed by atoms with Crippen molar-refractivity contribution in [3.05, 3.63) is 0 Å². The average molecular weight is 174 g/mol. The molecule has 2 heteroatoms. The van der Waals surface area contributed by atoms with Crippen molar-refractivity contribution in [3.63, 3.8) is 0 Å². The van der Waals surface area contributed by atoms with Gasteiger partial charge in [0.1, 0.15) is 0 Å². The summed E-state index contributed by atoms with van der Waals surface area (Å²) in [6.07, 6.45) is 11.6. The molecule has 0 amide bonds. The number of hydrogen-bond donors (Lipinski definition) is 1. The van der Waals surface area contributed by atoms with E-state index >= 15 is 0 Å². The molecule has 1 unspecified atom stereocenters. The van der Waals surface area contributed by atoms with Crippen LogP contribution in [-0.4, -0.2) is 24.0 Å². The Morgan fingerprint density at radius 2 is 2.00 bits per heavy atom. The Labute approximate surface area is 69.9 Å². The molecule has 0 radical (unpaired) electrons. The molecule has 0 spiro atoms. The maximum absolute atomic E-state index is 9.48. The summed E-state index contributed by atoms with van der Waals surface area (Å²) in [4.78, 5) is 9.48. The van der Waals surface area contributed by atoms with Gasteiger partial charge in [0.15, 0.2) is 0 Å². The molecule has 66 valence electrons. The van der Waals surface area contributed by atoms with Gasteiger partial charge in [-0.05, 0) is 32.3 Å². The summed E-state index contributed by atoms with van der Waals surface area (Å²) < 4.78 is 0.